The molecule has 0 aromatic heterocycles. The van der Waals surface area contributed by atoms with Gasteiger partial charge in [-0.05, 0) is 47.0 Å². The number of hydrogen-bond donors (Lipinski definition) is 0. The summed E-state index contributed by atoms with van der Waals surface area (Å²) in [6.45, 7) is 12.8. The van der Waals surface area contributed by atoms with Crippen LogP contribution in [0.2, 0.25) is 6.04 Å². The van der Waals surface area contributed by atoms with Crippen molar-refractivity contribution in [1.82, 2.24) is 4.90 Å². The number of nitrogens with zero attached hydrogens (tertiary/aromatic N) is 1. The molecule has 1 radical (unpaired) electrons. The van der Waals surface area contributed by atoms with Gasteiger partial charge in [0.2, 0.25) is 0 Å². The van der Waals surface area contributed by atoms with Gasteiger partial charge in [0.15, 0.2) is 0 Å². The van der Waals surface area contributed by atoms with Gasteiger partial charge in [-0.2, -0.15) is 0 Å². The summed E-state index contributed by atoms with van der Waals surface area (Å²) in [6.07, 6.45) is 4.24. The first-order valence-corrected chi connectivity index (χ1v) is 10.6. The number of rotatable bonds is 14. The van der Waals surface area contributed by atoms with E-state index in [1.807, 2.05) is 0 Å². The van der Waals surface area contributed by atoms with Crippen LogP contribution >= 0.6 is 0 Å². The molecule has 0 saturated heterocycles. The second-order valence-electron chi connectivity index (χ2n) is 6.36. The Morgan fingerprint density at radius 1 is 0.957 bits per heavy atom. The second-order valence-corrected chi connectivity index (χ2v) is 9.45. The van der Waals surface area contributed by atoms with Crippen LogP contribution in [0.1, 0.15) is 47.5 Å². The van der Waals surface area contributed by atoms with Crippen molar-refractivity contribution in [3.05, 3.63) is 6.42 Å². The molecule has 0 amide bonds. The van der Waals surface area contributed by atoms with Crippen molar-refractivity contribution < 1.29 is 18.0 Å². The Kier molecular flexibility index (Phi) is 12.4. The molecule has 0 fully saturated rings. The number of hydrogen-bond acceptors (Lipinski definition) is 5. The topological polar surface area (TPSA) is 40.2 Å². The minimum absolute atomic E-state index is 0.193. The van der Waals surface area contributed by atoms with Gasteiger partial charge in [0.05, 0.1) is 6.10 Å². The summed E-state index contributed by atoms with van der Waals surface area (Å²) in [7, 11) is 2.48. The highest BCUT2D eigenvalue weighted by atomic mass is 28.4. The molecule has 1 unspecified atom stereocenters. The first kappa shape index (κ1) is 23.0. The Balaban J connectivity index is 4.16. The van der Waals surface area contributed by atoms with Crippen molar-refractivity contribution in [3.63, 3.8) is 0 Å². The van der Waals surface area contributed by atoms with Crippen LogP contribution in [0.3, 0.4) is 0 Å². The van der Waals surface area contributed by atoms with Gasteiger partial charge in [-0.1, -0.05) is 6.92 Å². The minimum atomic E-state index is -2.46. The van der Waals surface area contributed by atoms with E-state index in [0.29, 0.717) is 18.7 Å². The van der Waals surface area contributed by atoms with Gasteiger partial charge in [-0.3, -0.25) is 4.90 Å². The third-order valence-electron chi connectivity index (χ3n) is 4.26. The molecule has 0 aromatic rings. The second kappa shape index (κ2) is 12.4. The van der Waals surface area contributed by atoms with Crippen molar-refractivity contribution in [2.75, 3.05) is 34.5 Å². The normalized spacial score (nSPS) is 14.2. The Bertz CT molecular complexity index is 270. The van der Waals surface area contributed by atoms with E-state index >= 15 is 0 Å². The summed E-state index contributed by atoms with van der Waals surface area (Å²) in [5.74, 6) is 0. The average molecular weight is 349 g/mol. The fraction of sp³-hybridized carbons (Fsp3) is 0.941. The van der Waals surface area contributed by atoms with Crippen LogP contribution in [0.4, 0.5) is 0 Å². The van der Waals surface area contributed by atoms with E-state index in [2.05, 4.69) is 45.9 Å². The molecule has 1 atom stereocenters. The van der Waals surface area contributed by atoms with Crippen LogP contribution in [-0.2, 0) is 18.0 Å². The van der Waals surface area contributed by atoms with E-state index in [1.54, 1.807) is 21.3 Å². The quantitative estimate of drug-likeness (QED) is 0.355. The van der Waals surface area contributed by atoms with Crippen molar-refractivity contribution in [2.45, 2.75) is 71.7 Å². The molecule has 5 nitrogen and oxygen atoms in total. The lowest BCUT2D eigenvalue weighted by molar-refractivity contribution is 0.0497. The summed E-state index contributed by atoms with van der Waals surface area (Å²) < 4.78 is 22.3. The maximum Gasteiger partial charge on any atom is 0.500 e. The third-order valence-corrected chi connectivity index (χ3v) is 7.09. The lowest BCUT2D eigenvalue weighted by atomic mass is 10.1. The van der Waals surface area contributed by atoms with E-state index in [-0.39, 0.29) is 6.10 Å². The monoisotopic (exact) mass is 348 g/mol. The largest absolute Gasteiger partial charge is 0.500 e. The van der Waals surface area contributed by atoms with Crippen LogP contribution < -0.4 is 0 Å². The van der Waals surface area contributed by atoms with Gasteiger partial charge in [0.25, 0.3) is 0 Å². The van der Waals surface area contributed by atoms with Crippen LogP contribution in [0.15, 0.2) is 0 Å². The van der Waals surface area contributed by atoms with E-state index in [0.717, 1.165) is 25.4 Å². The smallest absolute Gasteiger partial charge is 0.378 e. The first-order chi connectivity index (χ1) is 10.9. The highest BCUT2D eigenvalue weighted by Gasteiger charge is 2.36. The molecular formula is C17H38NO4Si. The molecule has 0 saturated carbocycles. The molecule has 0 heterocycles. The van der Waals surface area contributed by atoms with Gasteiger partial charge >= 0.3 is 8.80 Å². The lowest BCUT2D eigenvalue weighted by Gasteiger charge is -2.31. The fourth-order valence-corrected chi connectivity index (χ4v) is 4.50. The summed E-state index contributed by atoms with van der Waals surface area (Å²) in [5.41, 5.74) is 0. The Morgan fingerprint density at radius 2 is 1.48 bits per heavy atom. The molecule has 139 valence electrons. The molecule has 0 N–H and O–H groups in total. The predicted octanol–water partition coefficient (Wildman–Crippen LogP) is 3.37. The minimum Gasteiger partial charge on any atom is -0.378 e. The van der Waals surface area contributed by atoms with Gasteiger partial charge in [0.1, 0.15) is 0 Å². The first-order valence-electron chi connectivity index (χ1n) is 8.68. The van der Waals surface area contributed by atoms with Crippen molar-refractivity contribution in [1.29, 1.82) is 0 Å². The van der Waals surface area contributed by atoms with Crippen LogP contribution in [0.5, 0.6) is 0 Å². The Hall–Kier alpha value is 0.0169. The molecule has 0 aliphatic heterocycles. The molecule has 6 heteroatoms. The van der Waals surface area contributed by atoms with Gasteiger partial charge in [0, 0.05) is 52.6 Å². The highest BCUT2D eigenvalue weighted by Crippen LogP contribution is 2.16. The summed E-state index contributed by atoms with van der Waals surface area (Å²) in [4.78, 5) is 2.50. The maximum absolute atomic E-state index is 6.00. The summed E-state index contributed by atoms with van der Waals surface area (Å²) >= 11 is 0. The van der Waals surface area contributed by atoms with Crippen molar-refractivity contribution >= 4 is 8.80 Å². The molecule has 0 bridgehead atoms. The molecule has 0 aliphatic rings. The number of ether oxygens (including phenoxy) is 1. The maximum atomic E-state index is 6.00. The molecule has 23 heavy (non-hydrogen) atoms. The predicted molar refractivity (Wildman–Crippen MR) is 97.5 cm³/mol. The van der Waals surface area contributed by atoms with Crippen LogP contribution in [0.25, 0.3) is 0 Å². The fourth-order valence-electron chi connectivity index (χ4n) is 2.81. The van der Waals surface area contributed by atoms with E-state index in [4.69, 9.17) is 18.0 Å². The standard InChI is InChI=1S/C17H38NO4Si/c1-9-17(11-12-18(15(2)3)16(4)5)22-13-10-14-23(19-6,20-7)21-8/h9,15-17H,10-14H2,1-8H3. The molecule has 0 rings (SSSR count). The Labute approximate surface area is 145 Å². The SMILES string of the molecule is C[CH]C(CCN(C(C)C)C(C)C)OCCC[Si](OC)(OC)OC. The van der Waals surface area contributed by atoms with Crippen LogP contribution in [-0.4, -0.2) is 66.4 Å². The zero-order valence-electron chi connectivity index (χ0n) is 16.4. The third kappa shape index (κ3) is 8.61. The van der Waals surface area contributed by atoms with Crippen molar-refractivity contribution in [3.8, 4) is 0 Å². The lowest BCUT2D eigenvalue weighted by Crippen LogP contribution is -2.42. The molecule has 0 spiro atoms. The van der Waals surface area contributed by atoms with Gasteiger partial charge in [-0.25, -0.2) is 0 Å². The molecule has 0 aromatic carbocycles. The Morgan fingerprint density at radius 3 is 1.87 bits per heavy atom. The highest BCUT2D eigenvalue weighted by molar-refractivity contribution is 6.60. The van der Waals surface area contributed by atoms with E-state index in [1.165, 1.54) is 0 Å². The van der Waals surface area contributed by atoms with E-state index < -0.39 is 8.80 Å². The van der Waals surface area contributed by atoms with Gasteiger partial charge < -0.3 is 18.0 Å². The van der Waals surface area contributed by atoms with Gasteiger partial charge in [-0.15, -0.1) is 0 Å². The van der Waals surface area contributed by atoms with E-state index in [9.17, 15) is 0 Å². The zero-order valence-corrected chi connectivity index (χ0v) is 17.4. The van der Waals surface area contributed by atoms with Crippen LogP contribution in [0, 0.1) is 6.42 Å². The zero-order chi connectivity index (χ0) is 17.9. The summed E-state index contributed by atoms with van der Waals surface area (Å²) in [5, 5.41) is 0. The molecule has 0 aliphatic carbocycles. The average Bonchev–Trinajstić information content (AvgIpc) is 2.53. The molecular weight excluding hydrogens is 310 g/mol. The summed E-state index contributed by atoms with van der Waals surface area (Å²) in [6, 6.07) is 1.89. The van der Waals surface area contributed by atoms with Crippen molar-refractivity contribution in [2.24, 2.45) is 0 Å².